The number of hydrogen-bond acceptors (Lipinski definition) is 5. The van der Waals surface area contributed by atoms with Gasteiger partial charge in [-0.05, 0) is 35.7 Å². The van der Waals surface area contributed by atoms with Gasteiger partial charge in [0.25, 0.3) is 0 Å². The monoisotopic (exact) mass is 328 g/mol. The molecule has 118 valence electrons. The Kier molecular flexibility index (Phi) is 4.16. The van der Waals surface area contributed by atoms with Gasteiger partial charge in [-0.15, -0.1) is 11.3 Å². The summed E-state index contributed by atoms with van der Waals surface area (Å²) in [6, 6.07) is 9.82. The number of fused-ring (bicyclic) bond motifs is 1. The van der Waals surface area contributed by atoms with Crippen molar-refractivity contribution >= 4 is 33.1 Å². The molecule has 0 aliphatic rings. The summed E-state index contributed by atoms with van der Waals surface area (Å²) in [4.78, 5) is 15.6. The van der Waals surface area contributed by atoms with E-state index in [-0.39, 0.29) is 5.91 Å². The standard InChI is InChI=1S/C17H16N2O3S/c1-10(20)18-17-19-15(9-23-17)12-6-11-7-13(21-2)4-5-14(11)16(8-12)22-3/h4-9H,1-3H3,(H,18,19,20). The van der Waals surface area contributed by atoms with Gasteiger partial charge in [0.15, 0.2) is 5.13 Å². The number of nitrogens with zero attached hydrogens (tertiary/aromatic N) is 1. The molecule has 1 N–H and O–H groups in total. The predicted molar refractivity (Wildman–Crippen MR) is 92.5 cm³/mol. The lowest BCUT2D eigenvalue weighted by Crippen LogP contribution is -2.04. The summed E-state index contributed by atoms with van der Waals surface area (Å²) >= 11 is 1.39. The third kappa shape index (κ3) is 3.12. The van der Waals surface area contributed by atoms with Crippen LogP contribution in [0.2, 0.25) is 0 Å². The maximum Gasteiger partial charge on any atom is 0.223 e. The molecule has 0 aliphatic heterocycles. The molecule has 0 bridgehead atoms. The number of carbonyl (C=O) groups is 1. The number of anilines is 1. The molecule has 3 rings (SSSR count). The van der Waals surface area contributed by atoms with Crippen molar-refractivity contribution in [2.45, 2.75) is 6.92 Å². The van der Waals surface area contributed by atoms with E-state index in [0.717, 1.165) is 33.5 Å². The Morgan fingerprint density at radius 2 is 2.00 bits per heavy atom. The molecule has 2 aromatic carbocycles. The Labute approximate surface area is 137 Å². The van der Waals surface area contributed by atoms with Gasteiger partial charge in [0, 0.05) is 23.3 Å². The van der Waals surface area contributed by atoms with Gasteiger partial charge in [-0.25, -0.2) is 4.98 Å². The van der Waals surface area contributed by atoms with Gasteiger partial charge in [-0.3, -0.25) is 4.79 Å². The van der Waals surface area contributed by atoms with Gasteiger partial charge >= 0.3 is 0 Å². The maximum atomic E-state index is 11.1. The number of hydrogen-bond donors (Lipinski definition) is 1. The van der Waals surface area contributed by atoms with Crippen molar-refractivity contribution in [3.8, 4) is 22.8 Å². The highest BCUT2D eigenvalue weighted by Gasteiger charge is 2.11. The van der Waals surface area contributed by atoms with Gasteiger partial charge in [-0.1, -0.05) is 0 Å². The SMILES string of the molecule is COc1ccc2c(OC)cc(-c3csc(NC(C)=O)n3)cc2c1. The largest absolute Gasteiger partial charge is 0.497 e. The van der Waals surface area contributed by atoms with Crippen LogP contribution in [0.15, 0.2) is 35.7 Å². The van der Waals surface area contributed by atoms with E-state index in [1.807, 2.05) is 35.7 Å². The van der Waals surface area contributed by atoms with Crippen LogP contribution in [-0.2, 0) is 4.79 Å². The van der Waals surface area contributed by atoms with E-state index >= 15 is 0 Å². The molecule has 1 amide bonds. The third-order valence-corrected chi connectivity index (χ3v) is 4.18. The molecule has 23 heavy (non-hydrogen) atoms. The zero-order valence-electron chi connectivity index (χ0n) is 13.0. The molecule has 0 spiro atoms. The average Bonchev–Trinajstić information content (AvgIpc) is 3.00. The van der Waals surface area contributed by atoms with Crippen molar-refractivity contribution < 1.29 is 14.3 Å². The maximum absolute atomic E-state index is 11.1. The van der Waals surface area contributed by atoms with Crippen molar-refractivity contribution in [1.29, 1.82) is 0 Å². The molecule has 5 nitrogen and oxygen atoms in total. The smallest absolute Gasteiger partial charge is 0.223 e. The molecule has 0 radical (unpaired) electrons. The Balaban J connectivity index is 2.09. The number of rotatable bonds is 4. The van der Waals surface area contributed by atoms with Crippen LogP contribution in [0.25, 0.3) is 22.0 Å². The first-order valence-electron chi connectivity index (χ1n) is 7.00. The topological polar surface area (TPSA) is 60.5 Å². The van der Waals surface area contributed by atoms with Crippen LogP contribution in [0, 0.1) is 0 Å². The van der Waals surface area contributed by atoms with E-state index < -0.39 is 0 Å². The lowest BCUT2D eigenvalue weighted by Gasteiger charge is -2.09. The van der Waals surface area contributed by atoms with Gasteiger partial charge in [0.1, 0.15) is 11.5 Å². The third-order valence-electron chi connectivity index (χ3n) is 3.42. The van der Waals surface area contributed by atoms with Crippen LogP contribution < -0.4 is 14.8 Å². The lowest BCUT2D eigenvalue weighted by molar-refractivity contribution is -0.114. The van der Waals surface area contributed by atoms with Gasteiger partial charge in [-0.2, -0.15) is 0 Å². The summed E-state index contributed by atoms with van der Waals surface area (Å²) in [7, 11) is 3.29. The number of amides is 1. The highest BCUT2D eigenvalue weighted by molar-refractivity contribution is 7.14. The number of benzene rings is 2. The van der Waals surface area contributed by atoms with E-state index in [4.69, 9.17) is 9.47 Å². The van der Waals surface area contributed by atoms with E-state index in [2.05, 4.69) is 10.3 Å². The van der Waals surface area contributed by atoms with Crippen LogP contribution in [-0.4, -0.2) is 25.1 Å². The van der Waals surface area contributed by atoms with Gasteiger partial charge in [0.2, 0.25) is 5.91 Å². The van der Waals surface area contributed by atoms with Crippen LogP contribution in [0.1, 0.15) is 6.92 Å². The summed E-state index contributed by atoms with van der Waals surface area (Å²) in [6.07, 6.45) is 0. The molecule has 1 aromatic heterocycles. The molecule has 3 aromatic rings. The lowest BCUT2D eigenvalue weighted by atomic mass is 10.0. The molecule has 0 saturated carbocycles. The fourth-order valence-corrected chi connectivity index (χ4v) is 3.14. The Morgan fingerprint density at radius 3 is 2.70 bits per heavy atom. The molecule has 6 heteroatoms. The molecule has 1 heterocycles. The molecule has 0 unspecified atom stereocenters. The summed E-state index contributed by atoms with van der Waals surface area (Å²) < 4.78 is 10.8. The Morgan fingerprint density at radius 1 is 1.17 bits per heavy atom. The highest BCUT2D eigenvalue weighted by atomic mass is 32.1. The van der Waals surface area contributed by atoms with E-state index in [9.17, 15) is 4.79 Å². The van der Waals surface area contributed by atoms with Crippen LogP contribution in [0.5, 0.6) is 11.5 Å². The quantitative estimate of drug-likeness (QED) is 0.788. The van der Waals surface area contributed by atoms with Crippen LogP contribution in [0.4, 0.5) is 5.13 Å². The summed E-state index contributed by atoms with van der Waals surface area (Å²) in [5.74, 6) is 1.43. The van der Waals surface area contributed by atoms with E-state index in [1.54, 1.807) is 14.2 Å². The first-order chi connectivity index (χ1) is 11.1. The number of methoxy groups -OCH3 is 2. The van der Waals surface area contributed by atoms with E-state index in [0.29, 0.717) is 5.13 Å². The second-order valence-electron chi connectivity index (χ2n) is 4.98. The summed E-state index contributed by atoms with van der Waals surface area (Å²) in [5, 5.41) is 7.20. The average molecular weight is 328 g/mol. The van der Waals surface area contributed by atoms with Crippen LogP contribution in [0.3, 0.4) is 0 Å². The van der Waals surface area contributed by atoms with E-state index in [1.165, 1.54) is 18.3 Å². The van der Waals surface area contributed by atoms with Crippen molar-refractivity contribution in [2.75, 3.05) is 19.5 Å². The first-order valence-corrected chi connectivity index (χ1v) is 7.88. The number of aromatic nitrogens is 1. The molecule has 0 aliphatic carbocycles. The first kappa shape index (κ1) is 15.3. The fraction of sp³-hybridized carbons (Fsp3) is 0.176. The highest BCUT2D eigenvalue weighted by Crippen LogP contribution is 2.35. The number of ether oxygens (including phenoxy) is 2. The second kappa shape index (κ2) is 6.26. The zero-order valence-corrected chi connectivity index (χ0v) is 13.9. The van der Waals surface area contributed by atoms with Crippen molar-refractivity contribution in [2.24, 2.45) is 0 Å². The normalized spacial score (nSPS) is 10.6. The Hall–Kier alpha value is -2.60. The van der Waals surface area contributed by atoms with Crippen molar-refractivity contribution in [1.82, 2.24) is 4.98 Å². The summed E-state index contributed by atoms with van der Waals surface area (Å²) in [6.45, 7) is 1.46. The predicted octanol–water partition coefficient (Wildman–Crippen LogP) is 3.94. The van der Waals surface area contributed by atoms with Gasteiger partial charge in [0.05, 0.1) is 19.9 Å². The number of thiazole rings is 1. The second-order valence-corrected chi connectivity index (χ2v) is 5.84. The number of carbonyl (C=O) groups excluding carboxylic acids is 1. The fourth-order valence-electron chi connectivity index (χ4n) is 2.37. The zero-order chi connectivity index (χ0) is 16.4. The minimum atomic E-state index is -0.133. The van der Waals surface area contributed by atoms with Crippen molar-refractivity contribution in [3.05, 3.63) is 35.7 Å². The number of nitrogens with one attached hydrogen (secondary N) is 1. The van der Waals surface area contributed by atoms with Gasteiger partial charge < -0.3 is 14.8 Å². The molecular weight excluding hydrogens is 312 g/mol. The molecule has 0 saturated heterocycles. The minimum Gasteiger partial charge on any atom is -0.497 e. The summed E-state index contributed by atoms with van der Waals surface area (Å²) in [5.41, 5.74) is 1.72. The Bertz CT molecular complexity index is 873. The minimum absolute atomic E-state index is 0.133. The van der Waals surface area contributed by atoms with Crippen molar-refractivity contribution in [3.63, 3.8) is 0 Å². The molecule has 0 atom stereocenters. The van der Waals surface area contributed by atoms with Crippen LogP contribution >= 0.6 is 11.3 Å². The molecular formula is C17H16N2O3S. The molecule has 0 fully saturated rings.